The zero-order valence-electron chi connectivity index (χ0n) is 10.3. The molecule has 0 saturated heterocycles. The smallest absolute Gasteiger partial charge is 0.322 e. The molecule has 0 fully saturated rings. The van der Waals surface area contributed by atoms with E-state index in [-0.39, 0.29) is 19.0 Å². The van der Waals surface area contributed by atoms with Gasteiger partial charge in [0, 0.05) is 18.8 Å². The second-order valence-electron chi connectivity index (χ2n) is 3.85. The lowest BCUT2D eigenvalue weighted by molar-refractivity contribution is 0.195. The average molecular weight is 252 g/mol. The Bertz CT molecular complexity index is 435. The normalized spacial score (nSPS) is 9.94. The van der Waals surface area contributed by atoms with E-state index in [1.165, 1.54) is 11.0 Å². The van der Waals surface area contributed by atoms with Gasteiger partial charge in [-0.15, -0.1) is 6.58 Å². The molecular weight excluding hydrogens is 235 g/mol. The molecule has 2 N–H and O–H groups in total. The van der Waals surface area contributed by atoms with Gasteiger partial charge in [-0.3, -0.25) is 0 Å². The van der Waals surface area contributed by atoms with Crippen LogP contribution in [0.5, 0.6) is 0 Å². The van der Waals surface area contributed by atoms with E-state index in [1.807, 2.05) is 0 Å². The maximum atomic E-state index is 13.3. The topological polar surface area (TPSA) is 52.6 Å². The van der Waals surface area contributed by atoms with Crippen LogP contribution < -0.4 is 5.32 Å². The van der Waals surface area contributed by atoms with Gasteiger partial charge >= 0.3 is 6.03 Å². The van der Waals surface area contributed by atoms with E-state index in [4.69, 9.17) is 5.11 Å². The summed E-state index contributed by atoms with van der Waals surface area (Å²) in [7, 11) is 0. The molecule has 0 atom stereocenters. The van der Waals surface area contributed by atoms with Gasteiger partial charge in [-0.05, 0) is 24.6 Å². The van der Waals surface area contributed by atoms with Gasteiger partial charge in [0.25, 0.3) is 0 Å². The van der Waals surface area contributed by atoms with E-state index in [0.29, 0.717) is 17.8 Å². The number of rotatable bonds is 5. The fourth-order valence-corrected chi connectivity index (χ4v) is 1.43. The summed E-state index contributed by atoms with van der Waals surface area (Å²) in [6.07, 6.45) is 1.56. The SMILES string of the molecule is C=CCN(CCO)C(=O)Nc1ccc(C)c(F)c1. The highest BCUT2D eigenvalue weighted by Crippen LogP contribution is 2.14. The summed E-state index contributed by atoms with van der Waals surface area (Å²) < 4.78 is 13.3. The zero-order valence-corrected chi connectivity index (χ0v) is 10.3. The molecular formula is C13H17FN2O2. The van der Waals surface area contributed by atoms with Crippen LogP contribution in [0.25, 0.3) is 0 Å². The fraction of sp³-hybridized carbons (Fsp3) is 0.308. The zero-order chi connectivity index (χ0) is 13.5. The first kappa shape index (κ1) is 14.2. The van der Waals surface area contributed by atoms with Crippen LogP contribution in [0.2, 0.25) is 0 Å². The van der Waals surface area contributed by atoms with E-state index in [1.54, 1.807) is 25.1 Å². The highest BCUT2D eigenvalue weighted by Gasteiger charge is 2.11. The molecule has 0 unspecified atom stereocenters. The highest BCUT2D eigenvalue weighted by molar-refractivity contribution is 5.89. The minimum absolute atomic E-state index is 0.135. The number of hydrogen-bond acceptors (Lipinski definition) is 2. The van der Waals surface area contributed by atoms with Gasteiger partial charge in [-0.25, -0.2) is 9.18 Å². The Morgan fingerprint density at radius 2 is 2.33 bits per heavy atom. The van der Waals surface area contributed by atoms with Gasteiger partial charge in [0.2, 0.25) is 0 Å². The summed E-state index contributed by atoms with van der Waals surface area (Å²) in [6, 6.07) is 4.08. The molecule has 5 heteroatoms. The minimum atomic E-state index is -0.396. The quantitative estimate of drug-likeness (QED) is 0.789. The Balaban J connectivity index is 2.72. The Kier molecular flexibility index (Phi) is 5.32. The number of hydrogen-bond donors (Lipinski definition) is 2. The molecule has 0 aromatic heterocycles. The maximum Gasteiger partial charge on any atom is 0.322 e. The van der Waals surface area contributed by atoms with Crippen LogP contribution in [-0.4, -0.2) is 35.7 Å². The number of aryl methyl sites for hydroxylation is 1. The molecule has 98 valence electrons. The third kappa shape index (κ3) is 3.85. The molecule has 0 aliphatic heterocycles. The lowest BCUT2D eigenvalue weighted by Crippen LogP contribution is -2.37. The number of benzene rings is 1. The number of carbonyl (C=O) groups excluding carboxylic acids is 1. The van der Waals surface area contributed by atoms with Gasteiger partial charge in [0.05, 0.1) is 6.61 Å². The van der Waals surface area contributed by atoms with Gasteiger partial charge in [-0.2, -0.15) is 0 Å². The van der Waals surface area contributed by atoms with E-state index in [2.05, 4.69) is 11.9 Å². The summed E-state index contributed by atoms with van der Waals surface area (Å²) in [5.41, 5.74) is 0.904. The lowest BCUT2D eigenvalue weighted by Gasteiger charge is -2.20. The maximum absolute atomic E-state index is 13.3. The number of urea groups is 1. The largest absolute Gasteiger partial charge is 0.395 e. The first-order valence-corrected chi connectivity index (χ1v) is 5.62. The molecule has 1 rings (SSSR count). The van der Waals surface area contributed by atoms with Crippen LogP contribution in [0.1, 0.15) is 5.56 Å². The van der Waals surface area contributed by atoms with Crippen LogP contribution >= 0.6 is 0 Å². The molecule has 18 heavy (non-hydrogen) atoms. The number of halogens is 1. The average Bonchev–Trinajstić information content (AvgIpc) is 2.33. The molecule has 0 aliphatic carbocycles. The molecule has 0 aliphatic rings. The molecule has 0 heterocycles. The molecule has 1 aromatic rings. The van der Waals surface area contributed by atoms with E-state index < -0.39 is 6.03 Å². The van der Waals surface area contributed by atoms with E-state index >= 15 is 0 Å². The first-order chi connectivity index (χ1) is 8.58. The number of nitrogens with one attached hydrogen (secondary N) is 1. The summed E-state index contributed by atoms with van der Waals surface area (Å²) in [5.74, 6) is -0.370. The van der Waals surface area contributed by atoms with Crippen molar-refractivity contribution in [3.63, 3.8) is 0 Å². The summed E-state index contributed by atoms with van der Waals surface area (Å²) in [6.45, 7) is 5.57. The van der Waals surface area contributed by atoms with Crippen molar-refractivity contribution in [3.05, 3.63) is 42.2 Å². The first-order valence-electron chi connectivity index (χ1n) is 5.62. The summed E-state index contributed by atoms with van der Waals surface area (Å²) in [5, 5.41) is 11.4. The number of nitrogens with zero attached hydrogens (tertiary/aromatic N) is 1. The number of amides is 2. The number of anilines is 1. The van der Waals surface area contributed by atoms with Gasteiger partial charge in [0.15, 0.2) is 0 Å². The van der Waals surface area contributed by atoms with Gasteiger partial charge in [-0.1, -0.05) is 12.1 Å². The predicted molar refractivity (Wildman–Crippen MR) is 69.0 cm³/mol. The summed E-state index contributed by atoms with van der Waals surface area (Å²) in [4.78, 5) is 13.2. The standard InChI is InChI=1S/C13H17FN2O2/c1-3-6-16(7-8-17)13(18)15-11-5-4-10(2)12(14)9-11/h3-5,9,17H,1,6-8H2,2H3,(H,15,18). The Morgan fingerprint density at radius 3 is 2.89 bits per heavy atom. The van der Waals surface area contributed by atoms with Crippen LogP contribution in [0, 0.1) is 12.7 Å². The number of aliphatic hydroxyl groups is 1. The summed E-state index contributed by atoms with van der Waals surface area (Å²) >= 11 is 0. The van der Waals surface area contributed by atoms with Gasteiger partial charge in [0.1, 0.15) is 5.82 Å². The third-order valence-electron chi connectivity index (χ3n) is 2.43. The van der Waals surface area contributed by atoms with Crippen molar-refractivity contribution < 1.29 is 14.3 Å². The van der Waals surface area contributed by atoms with Crippen LogP contribution in [0.15, 0.2) is 30.9 Å². The Morgan fingerprint density at radius 1 is 1.61 bits per heavy atom. The minimum Gasteiger partial charge on any atom is -0.395 e. The molecule has 4 nitrogen and oxygen atoms in total. The second-order valence-corrected chi connectivity index (χ2v) is 3.85. The van der Waals surface area contributed by atoms with Crippen molar-refractivity contribution in [2.24, 2.45) is 0 Å². The lowest BCUT2D eigenvalue weighted by atomic mass is 10.2. The third-order valence-corrected chi connectivity index (χ3v) is 2.43. The number of carbonyl (C=O) groups is 1. The fourth-order valence-electron chi connectivity index (χ4n) is 1.43. The molecule has 0 radical (unpaired) electrons. The van der Waals surface area contributed by atoms with Crippen molar-refractivity contribution in [1.82, 2.24) is 4.90 Å². The van der Waals surface area contributed by atoms with Crippen LogP contribution in [-0.2, 0) is 0 Å². The van der Waals surface area contributed by atoms with Crippen molar-refractivity contribution in [2.45, 2.75) is 6.92 Å². The molecule has 0 spiro atoms. The van der Waals surface area contributed by atoms with Gasteiger partial charge < -0.3 is 15.3 Å². The van der Waals surface area contributed by atoms with Crippen LogP contribution in [0.3, 0.4) is 0 Å². The monoisotopic (exact) mass is 252 g/mol. The van der Waals surface area contributed by atoms with E-state index in [9.17, 15) is 9.18 Å². The van der Waals surface area contributed by atoms with Crippen molar-refractivity contribution in [2.75, 3.05) is 25.0 Å². The van der Waals surface area contributed by atoms with Crippen molar-refractivity contribution in [3.8, 4) is 0 Å². The van der Waals surface area contributed by atoms with Crippen molar-refractivity contribution in [1.29, 1.82) is 0 Å². The van der Waals surface area contributed by atoms with Crippen molar-refractivity contribution >= 4 is 11.7 Å². The van der Waals surface area contributed by atoms with E-state index in [0.717, 1.165) is 0 Å². The molecule has 1 aromatic carbocycles. The van der Waals surface area contributed by atoms with Crippen LogP contribution in [0.4, 0.5) is 14.9 Å². The Hall–Kier alpha value is -1.88. The Labute approximate surface area is 106 Å². The second kappa shape index (κ2) is 6.76. The highest BCUT2D eigenvalue weighted by atomic mass is 19.1. The predicted octanol–water partition coefficient (Wildman–Crippen LogP) is 2.15. The number of aliphatic hydroxyl groups excluding tert-OH is 1. The molecule has 0 saturated carbocycles. The molecule has 2 amide bonds. The molecule has 0 bridgehead atoms.